The van der Waals surface area contributed by atoms with Gasteiger partial charge in [0, 0.05) is 42.3 Å². The van der Waals surface area contributed by atoms with Gasteiger partial charge >= 0.3 is 0 Å². The number of hydrogen-bond acceptors (Lipinski definition) is 6. The lowest BCUT2D eigenvalue weighted by Gasteiger charge is -2.20. The van der Waals surface area contributed by atoms with Crippen molar-refractivity contribution in [2.45, 2.75) is 33.4 Å². The molecule has 26 heavy (non-hydrogen) atoms. The van der Waals surface area contributed by atoms with Crippen LogP contribution in [0.15, 0.2) is 36.3 Å². The van der Waals surface area contributed by atoms with Crippen LogP contribution in [0.4, 0.5) is 5.82 Å². The van der Waals surface area contributed by atoms with Crippen LogP contribution in [-0.2, 0) is 6.54 Å². The second-order valence-corrected chi connectivity index (χ2v) is 7.34. The summed E-state index contributed by atoms with van der Waals surface area (Å²) in [5.74, 6) is 2.51. The van der Waals surface area contributed by atoms with Crippen LogP contribution in [0.5, 0.6) is 0 Å². The Morgan fingerprint density at radius 3 is 2.92 bits per heavy atom. The lowest BCUT2D eigenvalue weighted by Crippen LogP contribution is -2.31. The molecule has 0 radical (unpaired) electrons. The minimum Gasteiger partial charge on any atom is -0.393 e. The summed E-state index contributed by atoms with van der Waals surface area (Å²) in [6.45, 7) is 7.35. The number of allylic oxidation sites excluding steroid dienone is 3. The second-order valence-electron chi connectivity index (χ2n) is 6.31. The van der Waals surface area contributed by atoms with Gasteiger partial charge in [0.25, 0.3) is 0 Å². The third-order valence-electron chi connectivity index (χ3n) is 4.33. The van der Waals surface area contributed by atoms with E-state index in [9.17, 15) is 5.11 Å². The van der Waals surface area contributed by atoms with E-state index in [2.05, 4.69) is 45.4 Å². The molecule has 0 saturated carbocycles. The van der Waals surface area contributed by atoms with Gasteiger partial charge < -0.3 is 21.1 Å². The van der Waals surface area contributed by atoms with Crippen molar-refractivity contribution in [1.82, 2.24) is 20.3 Å². The van der Waals surface area contributed by atoms with E-state index in [1.807, 2.05) is 31.8 Å². The molecule has 0 amide bonds. The van der Waals surface area contributed by atoms with Gasteiger partial charge in [0.2, 0.25) is 0 Å². The zero-order valence-electron chi connectivity index (χ0n) is 15.7. The Morgan fingerprint density at radius 1 is 1.42 bits per heavy atom. The SMILES string of the molecule is C/C=C\C(=C/C)CSC[C@@H](CNCc1c[nH]c2c(N)ncnc12)[C@@H](C)O. The van der Waals surface area contributed by atoms with Crippen molar-refractivity contribution in [2.75, 3.05) is 23.8 Å². The number of thioether (sulfide) groups is 1. The molecular weight excluding hydrogens is 346 g/mol. The highest BCUT2D eigenvalue weighted by Crippen LogP contribution is 2.19. The molecule has 0 bridgehead atoms. The van der Waals surface area contributed by atoms with Crippen molar-refractivity contribution in [3.05, 3.63) is 41.9 Å². The van der Waals surface area contributed by atoms with Crippen molar-refractivity contribution in [3.8, 4) is 0 Å². The number of hydrogen-bond donors (Lipinski definition) is 4. The molecule has 0 aliphatic heterocycles. The van der Waals surface area contributed by atoms with E-state index in [1.54, 1.807) is 0 Å². The van der Waals surface area contributed by atoms with Crippen molar-refractivity contribution < 1.29 is 5.11 Å². The van der Waals surface area contributed by atoms with Crippen LogP contribution in [-0.4, -0.2) is 44.2 Å². The van der Waals surface area contributed by atoms with E-state index in [0.29, 0.717) is 12.4 Å². The number of nitrogens with two attached hydrogens (primary N) is 1. The summed E-state index contributed by atoms with van der Waals surface area (Å²) in [7, 11) is 0. The van der Waals surface area contributed by atoms with E-state index in [-0.39, 0.29) is 12.0 Å². The van der Waals surface area contributed by atoms with Crippen LogP contribution in [0.2, 0.25) is 0 Å². The maximum absolute atomic E-state index is 10.1. The van der Waals surface area contributed by atoms with Gasteiger partial charge in [-0.15, -0.1) is 0 Å². The number of rotatable bonds is 10. The van der Waals surface area contributed by atoms with Gasteiger partial charge in [0.15, 0.2) is 5.82 Å². The Balaban J connectivity index is 1.85. The molecule has 2 heterocycles. The second kappa shape index (κ2) is 10.4. The molecular formula is C19H29N5OS. The normalized spacial score (nSPS) is 15.0. The number of fused-ring (bicyclic) bond motifs is 1. The number of nitrogen functional groups attached to an aromatic ring is 1. The third kappa shape index (κ3) is 5.59. The molecule has 0 aliphatic rings. The molecule has 0 fully saturated rings. The summed E-state index contributed by atoms with van der Waals surface area (Å²) >= 11 is 1.85. The first-order chi connectivity index (χ1) is 12.6. The van der Waals surface area contributed by atoms with Crippen molar-refractivity contribution in [2.24, 2.45) is 5.92 Å². The van der Waals surface area contributed by atoms with Crippen LogP contribution in [0.25, 0.3) is 11.0 Å². The fourth-order valence-corrected chi connectivity index (χ4v) is 3.99. The first-order valence-electron chi connectivity index (χ1n) is 8.87. The predicted octanol–water partition coefficient (Wildman–Crippen LogP) is 2.88. The standard InChI is InChI=1S/C19H29N5OS/c1-4-6-14(5-2)10-26-11-16(13(3)25)8-21-7-15-9-22-18-17(15)23-12-24-19(18)20/h4-6,9,12-13,16,21-22,25H,7-8,10-11H2,1-3H3,(H2,20,23,24)/b6-4-,14-5+/t13-,16-/m1/s1. The number of aliphatic hydroxyl groups is 1. The van der Waals surface area contributed by atoms with Crippen molar-refractivity contribution >= 4 is 28.6 Å². The molecule has 142 valence electrons. The van der Waals surface area contributed by atoms with Gasteiger partial charge in [-0.25, -0.2) is 9.97 Å². The van der Waals surface area contributed by atoms with Gasteiger partial charge in [-0.3, -0.25) is 0 Å². The number of H-pyrrole nitrogens is 1. The van der Waals surface area contributed by atoms with Crippen LogP contribution < -0.4 is 11.1 Å². The maximum Gasteiger partial charge on any atom is 0.151 e. The molecule has 5 N–H and O–H groups in total. The smallest absolute Gasteiger partial charge is 0.151 e. The minimum absolute atomic E-state index is 0.189. The van der Waals surface area contributed by atoms with Crippen LogP contribution >= 0.6 is 11.8 Å². The third-order valence-corrected chi connectivity index (χ3v) is 5.53. The van der Waals surface area contributed by atoms with Crippen molar-refractivity contribution in [1.29, 1.82) is 0 Å². The number of aromatic nitrogens is 3. The predicted molar refractivity (Wildman–Crippen MR) is 111 cm³/mol. The topological polar surface area (TPSA) is 99.9 Å². The summed E-state index contributed by atoms with van der Waals surface area (Å²) in [6, 6.07) is 0. The largest absolute Gasteiger partial charge is 0.393 e. The van der Waals surface area contributed by atoms with Crippen molar-refractivity contribution in [3.63, 3.8) is 0 Å². The minimum atomic E-state index is -0.355. The van der Waals surface area contributed by atoms with E-state index in [1.165, 1.54) is 11.9 Å². The molecule has 2 rings (SSSR count). The zero-order valence-corrected chi connectivity index (χ0v) is 16.5. The summed E-state index contributed by atoms with van der Waals surface area (Å²) < 4.78 is 0. The molecule has 2 atom stereocenters. The summed E-state index contributed by atoms with van der Waals surface area (Å²) in [5.41, 5.74) is 9.83. The fourth-order valence-electron chi connectivity index (χ4n) is 2.68. The summed E-state index contributed by atoms with van der Waals surface area (Å²) in [5, 5.41) is 13.5. The average molecular weight is 376 g/mol. The molecule has 2 aromatic heterocycles. The molecule has 0 spiro atoms. The van der Waals surface area contributed by atoms with E-state index >= 15 is 0 Å². The lowest BCUT2D eigenvalue weighted by molar-refractivity contribution is 0.136. The molecule has 2 aromatic rings. The highest BCUT2D eigenvalue weighted by molar-refractivity contribution is 7.99. The number of nitrogens with zero attached hydrogens (tertiary/aromatic N) is 2. The number of nitrogens with one attached hydrogen (secondary N) is 2. The van der Waals surface area contributed by atoms with Gasteiger partial charge in [-0.1, -0.05) is 18.2 Å². The van der Waals surface area contributed by atoms with E-state index < -0.39 is 0 Å². The Morgan fingerprint density at radius 2 is 2.23 bits per heavy atom. The molecule has 0 aliphatic carbocycles. The fraction of sp³-hybridized carbons (Fsp3) is 0.474. The molecule has 7 heteroatoms. The van der Waals surface area contributed by atoms with E-state index in [4.69, 9.17) is 5.73 Å². The first kappa shape index (κ1) is 20.5. The molecule has 0 aromatic carbocycles. The Kier molecular flexibility index (Phi) is 8.15. The van der Waals surface area contributed by atoms with Gasteiger partial charge in [-0.2, -0.15) is 11.8 Å². The van der Waals surface area contributed by atoms with Crippen LogP contribution in [0.3, 0.4) is 0 Å². The lowest BCUT2D eigenvalue weighted by atomic mass is 10.1. The van der Waals surface area contributed by atoms with Crippen LogP contribution in [0.1, 0.15) is 26.3 Å². The highest BCUT2D eigenvalue weighted by atomic mass is 32.2. The summed E-state index contributed by atoms with van der Waals surface area (Å²) in [6.07, 6.45) is 9.35. The van der Waals surface area contributed by atoms with Gasteiger partial charge in [0.05, 0.1) is 11.6 Å². The quantitative estimate of drug-likeness (QED) is 0.477. The van der Waals surface area contributed by atoms with E-state index in [0.717, 1.165) is 34.6 Å². The number of aliphatic hydroxyl groups excluding tert-OH is 1. The number of aromatic amines is 1. The van der Waals surface area contributed by atoms with Crippen LogP contribution in [0, 0.1) is 5.92 Å². The number of anilines is 1. The Hall–Kier alpha value is -1.83. The highest BCUT2D eigenvalue weighted by Gasteiger charge is 2.15. The first-order valence-corrected chi connectivity index (χ1v) is 10.0. The maximum atomic E-state index is 10.1. The zero-order chi connectivity index (χ0) is 18.9. The molecule has 6 nitrogen and oxygen atoms in total. The van der Waals surface area contributed by atoms with Gasteiger partial charge in [-0.05, 0) is 26.3 Å². The Labute approximate surface area is 159 Å². The Bertz CT molecular complexity index is 753. The van der Waals surface area contributed by atoms with Gasteiger partial charge in [0.1, 0.15) is 11.8 Å². The molecule has 0 saturated heterocycles. The summed E-state index contributed by atoms with van der Waals surface area (Å²) in [4.78, 5) is 11.4. The molecule has 0 unspecified atom stereocenters. The monoisotopic (exact) mass is 375 g/mol. The average Bonchev–Trinajstić information content (AvgIpc) is 3.04.